The van der Waals surface area contributed by atoms with Crippen molar-refractivity contribution in [3.8, 4) is 0 Å². The van der Waals surface area contributed by atoms with E-state index in [9.17, 15) is 4.79 Å². The number of rotatable bonds is 5. The fraction of sp³-hybridized carbons (Fsp3) is 0.250. The van der Waals surface area contributed by atoms with Crippen LogP contribution >= 0.6 is 0 Å². The minimum absolute atomic E-state index is 0.125. The van der Waals surface area contributed by atoms with E-state index in [0.717, 1.165) is 30.0 Å². The average molecular weight is 269 g/mol. The van der Waals surface area contributed by atoms with Crippen LogP contribution in [0.1, 0.15) is 29.4 Å². The van der Waals surface area contributed by atoms with Crippen molar-refractivity contribution >= 4 is 17.3 Å². The maximum Gasteiger partial charge on any atom is 0.257 e. The lowest BCUT2D eigenvalue weighted by Crippen LogP contribution is -2.16. The number of benzene rings is 1. The van der Waals surface area contributed by atoms with Crippen LogP contribution in [-0.4, -0.2) is 17.4 Å². The molecule has 4 heteroatoms. The third-order valence-electron chi connectivity index (χ3n) is 2.99. The van der Waals surface area contributed by atoms with Crippen LogP contribution in [0.5, 0.6) is 0 Å². The molecule has 2 N–H and O–H groups in total. The lowest BCUT2D eigenvalue weighted by Gasteiger charge is -2.12. The SMILES string of the molecule is CCCNc1ccccc1C(=O)Nc1cccnc1C. The number of aryl methyl sites for hydroxylation is 1. The van der Waals surface area contributed by atoms with Gasteiger partial charge in [0.05, 0.1) is 16.9 Å². The summed E-state index contributed by atoms with van der Waals surface area (Å²) >= 11 is 0. The van der Waals surface area contributed by atoms with Gasteiger partial charge in [0.2, 0.25) is 0 Å². The second-order valence-electron chi connectivity index (χ2n) is 4.56. The van der Waals surface area contributed by atoms with Crippen LogP contribution in [0, 0.1) is 6.92 Å². The fourth-order valence-corrected chi connectivity index (χ4v) is 1.90. The molecular weight excluding hydrogens is 250 g/mol. The van der Waals surface area contributed by atoms with Crippen molar-refractivity contribution in [2.75, 3.05) is 17.2 Å². The number of nitrogens with one attached hydrogen (secondary N) is 2. The summed E-state index contributed by atoms with van der Waals surface area (Å²) in [5.41, 5.74) is 3.04. The van der Waals surface area contributed by atoms with Gasteiger partial charge in [-0.2, -0.15) is 0 Å². The first-order chi connectivity index (χ1) is 9.72. The number of nitrogens with zero attached hydrogens (tertiary/aromatic N) is 1. The minimum Gasteiger partial charge on any atom is -0.384 e. The van der Waals surface area contributed by atoms with Crippen molar-refractivity contribution in [1.29, 1.82) is 0 Å². The predicted octanol–water partition coefficient (Wildman–Crippen LogP) is 3.46. The standard InChI is InChI=1S/C16H19N3O/c1-3-10-18-15-8-5-4-7-13(15)16(20)19-14-9-6-11-17-12(14)2/h4-9,11,18H,3,10H2,1-2H3,(H,19,20). The summed E-state index contributed by atoms with van der Waals surface area (Å²) in [7, 11) is 0. The zero-order valence-corrected chi connectivity index (χ0v) is 11.8. The van der Waals surface area contributed by atoms with Gasteiger partial charge < -0.3 is 10.6 Å². The van der Waals surface area contributed by atoms with E-state index < -0.39 is 0 Å². The molecule has 1 aromatic carbocycles. The van der Waals surface area contributed by atoms with Gasteiger partial charge in [0.1, 0.15) is 0 Å². The second kappa shape index (κ2) is 6.70. The molecule has 1 amide bonds. The quantitative estimate of drug-likeness (QED) is 0.874. The van der Waals surface area contributed by atoms with Gasteiger partial charge in [0.15, 0.2) is 0 Å². The summed E-state index contributed by atoms with van der Waals surface area (Å²) in [4.78, 5) is 16.5. The van der Waals surface area contributed by atoms with Crippen molar-refractivity contribution < 1.29 is 4.79 Å². The summed E-state index contributed by atoms with van der Waals surface area (Å²) in [6.45, 7) is 4.81. The maximum absolute atomic E-state index is 12.4. The van der Waals surface area contributed by atoms with Crippen molar-refractivity contribution in [2.24, 2.45) is 0 Å². The molecule has 1 heterocycles. The Balaban J connectivity index is 2.19. The summed E-state index contributed by atoms with van der Waals surface area (Å²) in [6, 6.07) is 11.2. The Morgan fingerprint density at radius 2 is 1.90 bits per heavy atom. The molecule has 0 unspecified atom stereocenters. The molecule has 104 valence electrons. The van der Waals surface area contributed by atoms with Crippen LogP contribution in [0.3, 0.4) is 0 Å². The van der Waals surface area contributed by atoms with E-state index >= 15 is 0 Å². The van der Waals surface area contributed by atoms with Gasteiger partial charge >= 0.3 is 0 Å². The number of hydrogen-bond acceptors (Lipinski definition) is 3. The summed E-state index contributed by atoms with van der Waals surface area (Å²) < 4.78 is 0. The van der Waals surface area contributed by atoms with Crippen LogP contribution in [0.4, 0.5) is 11.4 Å². The number of carbonyl (C=O) groups is 1. The van der Waals surface area contributed by atoms with Crippen molar-refractivity contribution in [3.05, 3.63) is 53.9 Å². The highest BCUT2D eigenvalue weighted by atomic mass is 16.1. The van der Waals surface area contributed by atoms with Gasteiger partial charge in [-0.1, -0.05) is 19.1 Å². The first-order valence-corrected chi connectivity index (χ1v) is 6.78. The van der Waals surface area contributed by atoms with E-state index in [4.69, 9.17) is 0 Å². The topological polar surface area (TPSA) is 54.0 Å². The molecule has 20 heavy (non-hydrogen) atoms. The monoisotopic (exact) mass is 269 g/mol. The number of anilines is 2. The highest BCUT2D eigenvalue weighted by molar-refractivity contribution is 6.08. The normalized spacial score (nSPS) is 10.1. The Kier molecular flexibility index (Phi) is 4.71. The average Bonchev–Trinajstić information content (AvgIpc) is 2.47. The molecule has 0 saturated carbocycles. The first-order valence-electron chi connectivity index (χ1n) is 6.78. The number of aromatic nitrogens is 1. The fourth-order valence-electron chi connectivity index (χ4n) is 1.90. The molecule has 1 aromatic heterocycles. The first kappa shape index (κ1) is 14.1. The Hall–Kier alpha value is -2.36. The van der Waals surface area contributed by atoms with Gasteiger partial charge in [-0.05, 0) is 37.6 Å². The van der Waals surface area contributed by atoms with Crippen molar-refractivity contribution in [1.82, 2.24) is 4.98 Å². The van der Waals surface area contributed by atoms with Gasteiger partial charge in [0, 0.05) is 18.4 Å². The van der Waals surface area contributed by atoms with Crippen molar-refractivity contribution in [3.63, 3.8) is 0 Å². The number of carbonyl (C=O) groups excluding carboxylic acids is 1. The second-order valence-corrected chi connectivity index (χ2v) is 4.56. The molecule has 0 aliphatic heterocycles. The number of hydrogen-bond donors (Lipinski definition) is 2. The van der Waals surface area contributed by atoms with Gasteiger partial charge in [-0.15, -0.1) is 0 Å². The molecule has 0 radical (unpaired) electrons. The number of pyridine rings is 1. The molecule has 0 atom stereocenters. The van der Waals surface area contributed by atoms with E-state index in [1.165, 1.54) is 0 Å². The number of para-hydroxylation sites is 1. The van der Waals surface area contributed by atoms with Gasteiger partial charge in [0.25, 0.3) is 5.91 Å². The largest absolute Gasteiger partial charge is 0.384 e. The molecule has 0 spiro atoms. The van der Waals surface area contributed by atoms with E-state index in [1.807, 2.05) is 43.3 Å². The van der Waals surface area contributed by atoms with Gasteiger partial charge in [-0.3, -0.25) is 9.78 Å². The summed E-state index contributed by atoms with van der Waals surface area (Å²) in [5, 5.41) is 6.17. The molecule has 0 aliphatic carbocycles. The molecule has 2 rings (SSSR count). The zero-order chi connectivity index (χ0) is 14.4. The maximum atomic E-state index is 12.4. The summed E-state index contributed by atoms with van der Waals surface area (Å²) in [6.07, 6.45) is 2.72. The molecule has 2 aromatic rings. The van der Waals surface area contributed by atoms with E-state index in [2.05, 4.69) is 22.5 Å². The molecule has 4 nitrogen and oxygen atoms in total. The Bertz CT molecular complexity index is 596. The smallest absolute Gasteiger partial charge is 0.257 e. The van der Waals surface area contributed by atoms with Crippen LogP contribution in [0.2, 0.25) is 0 Å². The highest BCUT2D eigenvalue weighted by Crippen LogP contribution is 2.18. The van der Waals surface area contributed by atoms with E-state index in [-0.39, 0.29) is 5.91 Å². The molecular formula is C16H19N3O. The summed E-state index contributed by atoms with van der Waals surface area (Å²) in [5.74, 6) is -0.125. The lowest BCUT2D eigenvalue weighted by atomic mass is 10.1. The minimum atomic E-state index is -0.125. The van der Waals surface area contributed by atoms with Gasteiger partial charge in [-0.25, -0.2) is 0 Å². The third kappa shape index (κ3) is 3.35. The van der Waals surface area contributed by atoms with Crippen LogP contribution < -0.4 is 10.6 Å². The molecule has 0 saturated heterocycles. The predicted molar refractivity (Wildman–Crippen MR) is 82.1 cm³/mol. The molecule has 0 fully saturated rings. The van der Waals surface area contributed by atoms with Crippen LogP contribution in [-0.2, 0) is 0 Å². The number of amides is 1. The molecule has 0 bridgehead atoms. The van der Waals surface area contributed by atoms with E-state index in [1.54, 1.807) is 6.20 Å². The molecule has 0 aliphatic rings. The Morgan fingerprint density at radius 3 is 2.65 bits per heavy atom. The lowest BCUT2D eigenvalue weighted by molar-refractivity contribution is 0.102. The Labute approximate surface area is 119 Å². The van der Waals surface area contributed by atoms with Crippen LogP contribution in [0.15, 0.2) is 42.6 Å². The zero-order valence-electron chi connectivity index (χ0n) is 11.8. The van der Waals surface area contributed by atoms with E-state index in [0.29, 0.717) is 5.56 Å². The third-order valence-corrected chi connectivity index (χ3v) is 2.99. The Morgan fingerprint density at radius 1 is 1.15 bits per heavy atom. The van der Waals surface area contributed by atoms with Crippen LogP contribution in [0.25, 0.3) is 0 Å². The highest BCUT2D eigenvalue weighted by Gasteiger charge is 2.11. The van der Waals surface area contributed by atoms with Crippen molar-refractivity contribution in [2.45, 2.75) is 20.3 Å².